The molecule has 0 saturated carbocycles. The van der Waals surface area contributed by atoms with E-state index in [9.17, 15) is 21.6 Å². The molecule has 1 aliphatic rings. The second-order valence-electron chi connectivity index (χ2n) is 6.00. The molecule has 0 fully saturated rings. The number of rotatable bonds is 4. The van der Waals surface area contributed by atoms with Gasteiger partial charge in [-0.3, -0.25) is 4.68 Å². The Bertz CT molecular complexity index is 1250. The Hall–Kier alpha value is -3.13. The van der Waals surface area contributed by atoms with Crippen LogP contribution >= 0.6 is 11.6 Å². The molecule has 3 aromatic rings. The Morgan fingerprint density at radius 2 is 2.00 bits per heavy atom. The van der Waals surface area contributed by atoms with Crippen molar-refractivity contribution in [2.45, 2.75) is 5.51 Å². The van der Waals surface area contributed by atoms with E-state index in [0.29, 0.717) is 0 Å². The lowest BCUT2D eigenvalue weighted by atomic mass is 10.1. The minimum atomic E-state index is -6.03. The summed E-state index contributed by atoms with van der Waals surface area (Å²) in [5, 5.41) is 7.91. The predicted molar refractivity (Wildman–Crippen MR) is 96.9 cm³/mol. The predicted octanol–water partition coefficient (Wildman–Crippen LogP) is 2.47. The fraction of sp³-hybridized carbons (Fsp3) is 0.200. The van der Waals surface area contributed by atoms with Gasteiger partial charge in [-0.15, -0.1) is 5.10 Å². The van der Waals surface area contributed by atoms with Crippen molar-refractivity contribution in [1.29, 1.82) is 0 Å². The number of anilines is 1. The molecule has 4 rings (SSSR count). The van der Waals surface area contributed by atoms with Gasteiger partial charge >= 0.3 is 15.6 Å². The van der Waals surface area contributed by atoms with Crippen LogP contribution in [0.15, 0.2) is 24.4 Å². The molecule has 0 radical (unpaired) electrons. The summed E-state index contributed by atoms with van der Waals surface area (Å²) in [6.07, 6.45) is 1.53. The highest BCUT2D eigenvalue weighted by atomic mass is 35.5. The van der Waals surface area contributed by atoms with Gasteiger partial charge in [-0.05, 0) is 17.7 Å². The number of benzene rings is 1. The third kappa shape index (κ3) is 3.27. The van der Waals surface area contributed by atoms with Crippen LogP contribution in [0.2, 0.25) is 5.02 Å². The first-order valence-corrected chi connectivity index (χ1v) is 9.75. The van der Waals surface area contributed by atoms with Crippen LogP contribution in [-0.4, -0.2) is 40.3 Å². The summed E-state index contributed by atoms with van der Waals surface area (Å²) >= 11 is 6.13. The van der Waals surface area contributed by atoms with Crippen LogP contribution in [0.5, 0.6) is 17.4 Å². The first kappa shape index (κ1) is 20.2. The number of nitrogens with two attached hydrogens (primary N) is 1. The summed E-state index contributed by atoms with van der Waals surface area (Å²) in [6.45, 7) is -0.118. The van der Waals surface area contributed by atoms with E-state index in [1.54, 1.807) is 7.05 Å². The summed E-state index contributed by atoms with van der Waals surface area (Å²) in [5.41, 5.74) is 0.238. The van der Waals surface area contributed by atoms with E-state index in [-0.39, 0.29) is 46.1 Å². The first-order chi connectivity index (χ1) is 14.0. The summed E-state index contributed by atoms with van der Waals surface area (Å²) in [4.78, 5) is 0. The van der Waals surface area contributed by atoms with Crippen molar-refractivity contribution in [2.24, 2.45) is 7.05 Å². The van der Waals surface area contributed by atoms with Gasteiger partial charge in [0.25, 0.3) is 5.88 Å². The molecule has 0 saturated heterocycles. The van der Waals surface area contributed by atoms with Gasteiger partial charge in [0.05, 0.1) is 10.6 Å². The fourth-order valence-electron chi connectivity index (χ4n) is 2.69. The van der Waals surface area contributed by atoms with Gasteiger partial charge in [0, 0.05) is 19.3 Å². The summed E-state index contributed by atoms with van der Waals surface area (Å²) < 4.78 is 78.9. The molecule has 0 bridgehead atoms. The number of nitrogen functional groups attached to an aromatic ring is 1. The van der Waals surface area contributed by atoms with Crippen LogP contribution in [0.4, 0.5) is 19.0 Å². The van der Waals surface area contributed by atoms with E-state index in [2.05, 4.69) is 14.4 Å². The zero-order chi connectivity index (χ0) is 21.8. The van der Waals surface area contributed by atoms with Crippen molar-refractivity contribution in [1.82, 2.24) is 19.6 Å². The highest BCUT2D eigenvalue weighted by molar-refractivity contribution is 7.88. The number of hydrogen-bond donors (Lipinski definition) is 1. The Labute approximate surface area is 171 Å². The van der Waals surface area contributed by atoms with Gasteiger partial charge in [0.15, 0.2) is 17.3 Å². The number of halogens is 4. The molecule has 1 aliphatic heterocycles. The third-order valence-corrected chi connectivity index (χ3v) is 5.22. The molecule has 0 unspecified atom stereocenters. The number of aromatic nitrogens is 4. The monoisotopic (exact) mass is 465 g/mol. The smallest absolute Gasteiger partial charge is 0.454 e. The number of hydrogen-bond acceptors (Lipinski definition) is 8. The van der Waals surface area contributed by atoms with Crippen molar-refractivity contribution < 1.29 is 35.2 Å². The van der Waals surface area contributed by atoms with Gasteiger partial charge in [-0.25, -0.2) is 0 Å². The Balaban J connectivity index is 1.92. The molecule has 0 amide bonds. The zero-order valence-corrected chi connectivity index (χ0v) is 16.4. The maximum absolute atomic E-state index is 12.9. The molecule has 160 valence electrons. The fourth-order valence-corrected chi connectivity index (χ4v) is 3.38. The standard InChI is InChI=1S/C15H11ClF3N5O5S/c1-23-3-2-10(21-23)24-13(20)11(14(22-24)29-30(25,26)15(17,18)19)7-4-8(16)12-9(5-7)27-6-28-12/h2-5H,6,20H2,1H3. The van der Waals surface area contributed by atoms with E-state index in [4.69, 9.17) is 26.8 Å². The molecule has 3 heterocycles. The largest absolute Gasteiger partial charge is 0.534 e. The maximum atomic E-state index is 12.9. The van der Waals surface area contributed by atoms with Crippen LogP contribution in [0.25, 0.3) is 16.9 Å². The van der Waals surface area contributed by atoms with E-state index < -0.39 is 21.5 Å². The molecular formula is C15H11ClF3N5O5S. The molecular weight excluding hydrogens is 455 g/mol. The summed E-state index contributed by atoms with van der Waals surface area (Å²) in [7, 11) is -4.44. The van der Waals surface area contributed by atoms with Gasteiger partial charge in [0.1, 0.15) is 5.82 Å². The van der Waals surface area contributed by atoms with Crippen molar-refractivity contribution in [3.05, 3.63) is 29.4 Å². The molecule has 2 N–H and O–H groups in total. The van der Waals surface area contributed by atoms with E-state index in [1.807, 2.05) is 0 Å². The first-order valence-electron chi connectivity index (χ1n) is 7.96. The third-order valence-electron chi connectivity index (χ3n) is 3.99. The van der Waals surface area contributed by atoms with Gasteiger partial charge in [-0.1, -0.05) is 11.6 Å². The number of ether oxygens (including phenoxy) is 2. The Morgan fingerprint density at radius 3 is 2.63 bits per heavy atom. The van der Waals surface area contributed by atoms with Crippen LogP contribution in [0.1, 0.15) is 0 Å². The Morgan fingerprint density at radius 1 is 1.27 bits per heavy atom. The molecule has 0 atom stereocenters. The minimum Gasteiger partial charge on any atom is -0.454 e. The second kappa shape index (κ2) is 6.70. The van der Waals surface area contributed by atoms with Crippen LogP contribution in [-0.2, 0) is 17.2 Å². The number of nitrogens with zero attached hydrogens (tertiary/aromatic N) is 4. The Kier molecular flexibility index (Phi) is 4.50. The summed E-state index contributed by atoms with van der Waals surface area (Å²) in [6, 6.07) is 4.12. The lowest BCUT2D eigenvalue weighted by Gasteiger charge is -2.10. The van der Waals surface area contributed by atoms with Gasteiger partial charge < -0.3 is 19.4 Å². The molecule has 15 heteroatoms. The quantitative estimate of drug-likeness (QED) is 0.460. The number of aryl methyl sites for hydroxylation is 1. The van der Waals surface area contributed by atoms with Crippen LogP contribution in [0, 0.1) is 0 Å². The van der Waals surface area contributed by atoms with Crippen LogP contribution in [0.3, 0.4) is 0 Å². The van der Waals surface area contributed by atoms with E-state index >= 15 is 0 Å². The van der Waals surface area contributed by atoms with Crippen molar-refractivity contribution in [3.8, 4) is 34.3 Å². The maximum Gasteiger partial charge on any atom is 0.534 e. The number of fused-ring (bicyclic) bond motifs is 1. The molecule has 10 nitrogen and oxygen atoms in total. The van der Waals surface area contributed by atoms with E-state index in [0.717, 1.165) is 4.68 Å². The van der Waals surface area contributed by atoms with Crippen molar-refractivity contribution >= 4 is 27.5 Å². The van der Waals surface area contributed by atoms with Crippen LogP contribution < -0.4 is 19.4 Å². The van der Waals surface area contributed by atoms with Gasteiger partial charge in [-0.2, -0.15) is 31.4 Å². The zero-order valence-electron chi connectivity index (χ0n) is 14.8. The molecule has 0 aliphatic carbocycles. The van der Waals surface area contributed by atoms with Gasteiger partial charge in [0.2, 0.25) is 6.79 Å². The SMILES string of the molecule is Cn1ccc(-n2nc(OS(=O)(=O)C(F)(F)F)c(-c3cc(Cl)c4c(c3)OCO4)c2N)n1. The van der Waals surface area contributed by atoms with E-state index in [1.165, 1.54) is 29.1 Å². The summed E-state index contributed by atoms with van der Waals surface area (Å²) in [5.74, 6) is -0.627. The topological polar surface area (TPSA) is 123 Å². The van der Waals surface area contributed by atoms with Crippen molar-refractivity contribution in [2.75, 3.05) is 12.5 Å². The molecule has 2 aromatic heterocycles. The van der Waals surface area contributed by atoms with Crippen molar-refractivity contribution in [3.63, 3.8) is 0 Å². The number of alkyl halides is 3. The average Bonchev–Trinajstić information content (AvgIpc) is 3.33. The average molecular weight is 466 g/mol. The molecule has 30 heavy (non-hydrogen) atoms. The normalized spacial score (nSPS) is 13.6. The minimum absolute atomic E-state index is 0.0645. The second-order valence-corrected chi connectivity index (χ2v) is 7.94. The molecule has 0 spiro atoms. The highest BCUT2D eigenvalue weighted by Crippen LogP contribution is 2.46. The highest BCUT2D eigenvalue weighted by Gasteiger charge is 2.49. The lowest BCUT2D eigenvalue weighted by Crippen LogP contribution is -2.28. The lowest BCUT2D eigenvalue weighted by molar-refractivity contribution is -0.0501. The molecule has 1 aromatic carbocycles.